The topological polar surface area (TPSA) is 131 Å². The second-order valence-electron chi connectivity index (χ2n) is 7.30. The highest BCUT2D eigenvalue weighted by Crippen LogP contribution is 2.35. The molecule has 0 radical (unpaired) electrons. The highest BCUT2D eigenvalue weighted by molar-refractivity contribution is 6.37. The van der Waals surface area contributed by atoms with Gasteiger partial charge >= 0.3 is 12.0 Å². The van der Waals surface area contributed by atoms with E-state index in [1.165, 1.54) is 12.1 Å². The van der Waals surface area contributed by atoms with Gasteiger partial charge in [0.05, 0.1) is 16.3 Å². The summed E-state index contributed by atoms with van der Waals surface area (Å²) in [5, 5.41) is 3.55. The van der Waals surface area contributed by atoms with Crippen LogP contribution in [-0.4, -0.2) is 41.0 Å². The molecular formula is C18H20Cl2N4O5. The van der Waals surface area contributed by atoms with Gasteiger partial charge in [-0.1, -0.05) is 30.1 Å². The Balaban J connectivity index is 1.59. The molecule has 1 saturated heterocycles. The first-order chi connectivity index (χ1) is 13.6. The molecule has 2 fully saturated rings. The predicted molar refractivity (Wildman–Crippen MR) is 105 cm³/mol. The Morgan fingerprint density at radius 2 is 1.97 bits per heavy atom. The average molecular weight is 443 g/mol. The number of hydrogen-bond donors (Lipinski definition) is 3. The normalized spacial score (nSPS) is 23.8. The highest BCUT2D eigenvalue weighted by Gasteiger charge is 2.52. The van der Waals surface area contributed by atoms with Crippen molar-refractivity contribution in [2.24, 2.45) is 5.92 Å². The first-order valence-corrected chi connectivity index (χ1v) is 9.76. The number of hydrogen-bond acceptors (Lipinski definition) is 6. The van der Waals surface area contributed by atoms with Crippen molar-refractivity contribution >= 4 is 52.7 Å². The van der Waals surface area contributed by atoms with E-state index in [0.29, 0.717) is 23.8 Å². The zero-order chi connectivity index (χ0) is 21.3. The molecule has 4 amide bonds. The maximum Gasteiger partial charge on any atom is 0.344 e. The van der Waals surface area contributed by atoms with Crippen LogP contribution in [0.15, 0.2) is 12.1 Å². The number of urea groups is 1. The smallest absolute Gasteiger partial charge is 0.344 e. The number of nitrogens with one attached hydrogen (secondary N) is 2. The molecule has 4 N–H and O–H groups in total. The van der Waals surface area contributed by atoms with Gasteiger partial charge in [0.2, 0.25) is 0 Å². The second-order valence-corrected chi connectivity index (χ2v) is 8.14. The van der Waals surface area contributed by atoms with Gasteiger partial charge in [0.1, 0.15) is 5.54 Å². The summed E-state index contributed by atoms with van der Waals surface area (Å²) in [5.41, 5.74) is 6.77. The van der Waals surface area contributed by atoms with Crippen LogP contribution in [0.25, 0.3) is 0 Å². The van der Waals surface area contributed by atoms with Crippen molar-refractivity contribution in [3.8, 4) is 0 Å². The Hall–Kier alpha value is -2.52. The first kappa shape index (κ1) is 21.2. The molecule has 0 aromatic heterocycles. The van der Waals surface area contributed by atoms with Crippen LogP contribution in [0.3, 0.4) is 0 Å². The van der Waals surface area contributed by atoms with Crippen molar-refractivity contribution < 1.29 is 23.9 Å². The maximum absolute atomic E-state index is 12.7. The number of carbonyl (C=O) groups excluding carboxylic acids is 4. The van der Waals surface area contributed by atoms with Crippen LogP contribution < -0.4 is 16.5 Å². The Labute approximate surface area is 176 Å². The number of benzene rings is 1. The minimum atomic E-state index is -0.987. The molecule has 1 aliphatic carbocycles. The fourth-order valence-corrected chi connectivity index (χ4v) is 3.93. The Kier molecular flexibility index (Phi) is 5.90. The van der Waals surface area contributed by atoms with E-state index in [9.17, 15) is 19.2 Å². The molecule has 11 heteroatoms. The number of ether oxygens (including phenoxy) is 1. The minimum absolute atomic E-state index is 0.0379. The molecule has 2 aliphatic rings. The lowest BCUT2D eigenvalue weighted by atomic mass is 9.77. The van der Waals surface area contributed by atoms with E-state index in [0.717, 1.165) is 12.8 Å². The van der Waals surface area contributed by atoms with Crippen molar-refractivity contribution in [2.75, 3.05) is 12.3 Å². The molecule has 0 bridgehead atoms. The van der Waals surface area contributed by atoms with E-state index in [2.05, 4.69) is 17.7 Å². The third kappa shape index (κ3) is 4.25. The van der Waals surface area contributed by atoms with Crippen LogP contribution in [0.2, 0.25) is 10.0 Å². The summed E-state index contributed by atoms with van der Waals surface area (Å²) >= 11 is 11.7. The molecule has 1 spiro atoms. The zero-order valence-corrected chi connectivity index (χ0v) is 17.1. The van der Waals surface area contributed by atoms with Crippen molar-refractivity contribution in [2.45, 2.75) is 38.1 Å². The molecule has 0 unspecified atom stereocenters. The van der Waals surface area contributed by atoms with E-state index in [4.69, 9.17) is 33.7 Å². The van der Waals surface area contributed by atoms with Crippen LogP contribution in [0, 0.1) is 5.92 Å². The lowest BCUT2D eigenvalue weighted by molar-refractivity contribution is -0.141. The lowest BCUT2D eigenvalue weighted by Crippen LogP contribution is -2.52. The molecule has 1 saturated carbocycles. The molecule has 29 heavy (non-hydrogen) atoms. The monoisotopic (exact) mass is 442 g/mol. The summed E-state index contributed by atoms with van der Waals surface area (Å²) in [6.45, 7) is 1.35. The number of nitrogen functional groups attached to an aromatic ring is 1. The van der Waals surface area contributed by atoms with Crippen molar-refractivity contribution in [3.05, 3.63) is 27.7 Å². The molecule has 3 rings (SSSR count). The van der Waals surface area contributed by atoms with Crippen molar-refractivity contribution in [1.82, 2.24) is 15.8 Å². The van der Waals surface area contributed by atoms with E-state index < -0.39 is 36.0 Å². The van der Waals surface area contributed by atoms with Crippen LogP contribution in [0.1, 0.15) is 43.0 Å². The minimum Gasteiger partial charge on any atom is -0.452 e. The molecule has 1 aromatic rings. The number of amides is 4. The number of rotatable bonds is 4. The third-order valence-electron chi connectivity index (χ3n) is 5.17. The van der Waals surface area contributed by atoms with E-state index in [-0.39, 0.29) is 21.3 Å². The van der Waals surface area contributed by atoms with Gasteiger partial charge in [-0.2, -0.15) is 5.01 Å². The van der Waals surface area contributed by atoms with Gasteiger partial charge in [0.25, 0.3) is 11.8 Å². The average Bonchev–Trinajstić information content (AvgIpc) is 2.89. The lowest BCUT2D eigenvalue weighted by Gasteiger charge is -2.33. The zero-order valence-electron chi connectivity index (χ0n) is 15.6. The number of imide groups is 1. The fourth-order valence-electron chi connectivity index (χ4n) is 3.44. The number of nitrogens with zero attached hydrogens (tertiary/aromatic N) is 1. The summed E-state index contributed by atoms with van der Waals surface area (Å²) in [4.78, 5) is 49.1. The molecule has 156 valence electrons. The van der Waals surface area contributed by atoms with Crippen LogP contribution in [0.5, 0.6) is 0 Å². The largest absolute Gasteiger partial charge is 0.452 e. The molecule has 9 nitrogen and oxygen atoms in total. The second kappa shape index (κ2) is 8.08. The Morgan fingerprint density at radius 3 is 2.62 bits per heavy atom. The fraction of sp³-hybridized carbons (Fsp3) is 0.444. The number of halogens is 2. The molecule has 1 heterocycles. The molecule has 0 atom stereocenters. The van der Waals surface area contributed by atoms with Crippen LogP contribution in [-0.2, 0) is 14.3 Å². The first-order valence-electron chi connectivity index (χ1n) is 9.01. The van der Waals surface area contributed by atoms with E-state index >= 15 is 0 Å². The number of hydrazine groups is 1. The van der Waals surface area contributed by atoms with E-state index in [1.54, 1.807) is 0 Å². The van der Waals surface area contributed by atoms with E-state index in [1.807, 2.05) is 0 Å². The predicted octanol–water partition coefficient (Wildman–Crippen LogP) is 2.26. The number of esters is 1. The summed E-state index contributed by atoms with van der Waals surface area (Å²) < 4.78 is 4.89. The van der Waals surface area contributed by atoms with Gasteiger partial charge < -0.3 is 15.8 Å². The van der Waals surface area contributed by atoms with Gasteiger partial charge in [-0.3, -0.25) is 15.0 Å². The number of carbonyl (C=O) groups is 4. The van der Waals surface area contributed by atoms with Gasteiger partial charge in [-0.05, 0) is 43.7 Å². The third-order valence-corrected chi connectivity index (χ3v) is 5.71. The van der Waals surface area contributed by atoms with Crippen LogP contribution in [0.4, 0.5) is 10.5 Å². The van der Waals surface area contributed by atoms with Gasteiger partial charge in [0.15, 0.2) is 6.61 Å². The Morgan fingerprint density at radius 1 is 1.31 bits per heavy atom. The van der Waals surface area contributed by atoms with Gasteiger partial charge in [-0.25, -0.2) is 9.59 Å². The summed E-state index contributed by atoms with van der Waals surface area (Å²) in [5.74, 6) is -1.81. The highest BCUT2D eigenvalue weighted by atomic mass is 35.5. The van der Waals surface area contributed by atoms with Gasteiger partial charge in [0, 0.05) is 5.02 Å². The SMILES string of the molecule is CC1CCC2(CC1)NC(=O)N(NC(=O)COC(=O)c1cc(Cl)cc(Cl)c1N)C2=O. The molecule has 1 aromatic carbocycles. The number of anilines is 1. The van der Waals surface area contributed by atoms with Crippen molar-refractivity contribution in [1.29, 1.82) is 0 Å². The summed E-state index contributed by atoms with van der Waals surface area (Å²) in [7, 11) is 0. The molecule has 1 aliphatic heterocycles. The maximum atomic E-state index is 12.7. The number of nitrogens with two attached hydrogens (primary N) is 1. The Bertz CT molecular complexity index is 883. The summed E-state index contributed by atoms with van der Waals surface area (Å²) in [6.07, 6.45) is 2.62. The van der Waals surface area contributed by atoms with Crippen molar-refractivity contribution in [3.63, 3.8) is 0 Å². The van der Waals surface area contributed by atoms with Crippen LogP contribution >= 0.6 is 23.2 Å². The standard InChI is InChI=1S/C18H20Cl2N4O5/c1-9-2-4-18(5-3-9)16(27)24(17(28)22-18)23-13(25)8-29-15(26)11-6-10(19)7-12(20)14(11)21/h6-7,9H,2-5,8,21H2,1H3,(H,22,28)(H,23,25). The summed E-state index contributed by atoms with van der Waals surface area (Å²) in [6, 6.07) is 1.91. The van der Waals surface area contributed by atoms with Gasteiger partial charge in [-0.15, -0.1) is 0 Å². The molecular weight excluding hydrogens is 423 g/mol. The quantitative estimate of drug-likeness (QED) is 0.372.